The molecule has 1 aromatic heterocycles. The molecule has 1 atom stereocenters. The van der Waals surface area contributed by atoms with Crippen molar-refractivity contribution in [3.05, 3.63) is 22.1 Å². The first-order valence-corrected chi connectivity index (χ1v) is 8.70. The molecule has 0 N–H and O–H groups in total. The van der Waals surface area contributed by atoms with E-state index in [-0.39, 0.29) is 23.4 Å². The van der Waals surface area contributed by atoms with Crippen molar-refractivity contribution in [2.75, 3.05) is 31.9 Å². The molecule has 1 aromatic rings. The fraction of sp³-hybridized carbons (Fsp3) is 0.600. The molecule has 0 radical (unpaired) electrons. The second-order valence-electron chi connectivity index (χ2n) is 5.94. The number of thioether (sulfide) groups is 1. The highest BCUT2D eigenvalue weighted by atomic mass is 32.2. The molecule has 2 amide bonds. The van der Waals surface area contributed by atoms with Crippen molar-refractivity contribution in [1.82, 2.24) is 19.4 Å². The predicted octanol–water partition coefficient (Wildman–Crippen LogP) is 0.279. The van der Waals surface area contributed by atoms with E-state index in [1.54, 1.807) is 28.2 Å². The lowest BCUT2D eigenvalue weighted by atomic mass is 10.2. The lowest BCUT2D eigenvalue weighted by Gasteiger charge is -2.34. The van der Waals surface area contributed by atoms with E-state index >= 15 is 0 Å². The second kappa shape index (κ2) is 6.35. The van der Waals surface area contributed by atoms with Crippen molar-refractivity contribution >= 4 is 23.6 Å². The molecule has 2 aliphatic heterocycles. The third-order valence-electron chi connectivity index (χ3n) is 4.31. The largest absolute Gasteiger partial charge is 0.339 e. The van der Waals surface area contributed by atoms with Crippen LogP contribution < -0.4 is 5.56 Å². The van der Waals surface area contributed by atoms with Crippen molar-refractivity contribution in [2.24, 2.45) is 0 Å². The Hall–Kier alpha value is -1.83. The van der Waals surface area contributed by atoms with Gasteiger partial charge in [0.25, 0.3) is 5.56 Å². The first kappa shape index (κ1) is 16.0. The van der Waals surface area contributed by atoms with Gasteiger partial charge < -0.3 is 9.80 Å². The molecule has 0 aliphatic carbocycles. The highest BCUT2D eigenvalue weighted by molar-refractivity contribution is 7.99. The van der Waals surface area contributed by atoms with E-state index in [1.807, 2.05) is 0 Å². The lowest BCUT2D eigenvalue weighted by molar-refractivity contribution is -0.138. The zero-order valence-electron chi connectivity index (χ0n) is 13.3. The molecule has 2 aliphatic rings. The molecular formula is C15H20N4O3S. The summed E-state index contributed by atoms with van der Waals surface area (Å²) in [6.07, 6.45) is 0.310. The topological polar surface area (TPSA) is 75.5 Å². The Morgan fingerprint density at radius 3 is 2.57 bits per heavy atom. The number of hydrogen-bond donors (Lipinski definition) is 0. The van der Waals surface area contributed by atoms with Crippen molar-refractivity contribution in [3.63, 3.8) is 0 Å². The Bertz CT molecular complexity index is 694. The van der Waals surface area contributed by atoms with Crippen LogP contribution in [0.4, 0.5) is 0 Å². The summed E-state index contributed by atoms with van der Waals surface area (Å²) >= 11 is 1.53. The van der Waals surface area contributed by atoms with E-state index in [0.29, 0.717) is 49.2 Å². The molecule has 0 bridgehead atoms. The number of nitrogens with zero attached hydrogens (tertiary/aromatic N) is 4. The second-order valence-corrected chi connectivity index (χ2v) is 6.93. The number of carbonyl (C=O) groups excluding carboxylic acids is 2. The van der Waals surface area contributed by atoms with E-state index in [4.69, 9.17) is 0 Å². The van der Waals surface area contributed by atoms with Crippen molar-refractivity contribution < 1.29 is 9.59 Å². The van der Waals surface area contributed by atoms with E-state index in [1.165, 1.54) is 17.8 Å². The summed E-state index contributed by atoms with van der Waals surface area (Å²) in [6.45, 7) is 5.63. The van der Waals surface area contributed by atoms with Gasteiger partial charge in [0.1, 0.15) is 0 Å². The molecule has 23 heavy (non-hydrogen) atoms. The Kier molecular flexibility index (Phi) is 4.43. The van der Waals surface area contributed by atoms with Crippen LogP contribution in [0.15, 0.2) is 16.0 Å². The van der Waals surface area contributed by atoms with Gasteiger partial charge in [-0.3, -0.25) is 19.0 Å². The van der Waals surface area contributed by atoms with Gasteiger partial charge in [-0.25, -0.2) is 4.98 Å². The van der Waals surface area contributed by atoms with E-state index < -0.39 is 0 Å². The quantitative estimate of drug-likeness (QED) is 0.725. The van der Waals surface area contributed by atoms with E-state index in [2.05, 4.69) is 4.98 Å². The average Bonchev–Trinajstić information content (AvgIpc) is 2.90. The fourth-order valence-electron chi connectivity index (χ4n) is 3.01. The van der Waals surface area contributed by atoms with Crippen LogP contribution >= 0.6 is 11.8 Å². The standard InChI is InChI=1S/C15H20N4O3S/c1-10-7-14(22)19-12(9-23-15(19)16-10)8-13(21)18-5-3-17(4-6-18)11(2)20/h7,12H,3-6,8-9H2,1-2H3/t12-/m0/s1. The van der Waals surface area contributed by atoms with E-state index in [0.717, 1.165) is 0 Å². The van der Waals surface area contributed by atoms with Crippen molar-refractivity contribution in [2.45, 2.75) is 31.5 Å². The normalized spacial score (nSPS) is 20.5. The fourth-order valence-corrected chi connectivity index (χ4v) is 4.21. The summed E-state index contributed by atoms with van der Waals surface area (Å²) in [5.41, 5.74) is 0.623. The number of fused-ring (bicyclic) bond motifs is 1. The van der Waals surface area contributed by atoms with Crippen LogP contribution in [0.1, 0.15) is 25.1 Å². The minimum atomic E-state index is -0.131. The number of carbonyl (C=O) groups is 2. The van der Waals surface area contributed by atoms with Gasteiger partial charge >= 0.3 is 0 Å². The molecule has 124 valence electrons. The summed E-state index contributed by atoms with van der Waals surface area (Å²) in [7, 11) is 0. The van der Waals surface area contributed by atoms with Crippen LogP contribution in [-0.2, 0) is 9.59 Å². The van der Waals surface area contributed by atoms with Gasteiger partial charge in [0.05, 0.1) is 6.04 Å². The number of hydrogen-bond acceptors (Lipinski definition) is 5. The maximum Gasteiger partial charge on any atom is 0.254 e. The number of piperazine rings is 1. The Balaban J connectivity index is 1.65. The van der Waals surface area contributed by atoms with Gasteiger partial charge in [0, 0.05) is 57.0 Å². The minimum Gasteiger partial charge on any atom is -0.339 e. The molecule has 1 fully saturated rings. The maximum absolute atomic E-state index is 12.5. The first-order valence-electron chi connectivity index (χ1n) is 7.72. The zero-order valence-corrected chi connectivity index (χ0v) is 14.1. The van der Waals surface area contributed by atoms with Crippen LogP contribution in [-0.4, -0.2) is 63.1 Å². The molecule has 8 heteroatoms. The summed E-state index contributed by atoms with van der Waals surface area (Å²) < 4.78 is 1.64. The highest BCUT2D eigenvalue weighted by Gasteiger charge is 2.30. The third kappa shape index (κ3) is 3.26. The molecule has 7 nitrogen and oxygen atoms in total. The summed E-state index contributed by atoms with van der Waals surface area (Å²) in [4.78, 5) is 43.9. The predicted molar refractivity (Wildman–Crippen MR) is 86.4 cm³/mol. The van der Waals surface area contributed by atoms with E-state index in [9.17, 15) is 14.4 Å². The molecular weight excluding hydrogens is 316 g/mol. The first-order chi connectivity index (χ1) is 11.0. The van der Waals surface area contributed by atoms with Gasteiger partial charge in [-0.2, -0.15) is 0 Å². The lowest BCUT2D eigenvalue weighted by Crippen LogP contribution is -2.50. The average molecular weight is 336 g/mol. The van der Waals surface area contributed by atoms with Crippen LogP contribution in [0.3, 0.4) is 0 Å². The van der Waals surface area contributed by atoms with Crippen LogP contribution in [0, 0.1) is 6.92 Å². The minimum absolute atomic E-state index is 0.0409. The molecule has 1 saturated heterocycles. The van der Waals surface area contributed by atoms with Gasteiger partial charge in [-0.1, -0.05) is 11.8 Å². The van der Waals surface area contributed by atoms with Crippen molar-refractivity contribution in [1.29, 1.82) is 0 Å². The molecule has 0 saturated carbocycles. The van der Waals surface area contributed by atoms with Gasteiger partial charge in [-0.15, -0.1) is 0 Å². The van der Waals surface area contributed by atoms with Gasteiger partial charge in [0.15, 0.2) is 5.16 Å². The SMILES string of the molecule is CC(=O)N1CCN(C(=O)C[C@H]2CSc3nc(C)cc(=O)n32)CC1. The highest BCUT2D eigenvalue weighted by Crippen LogP contribution is 2.32. The molecule has 0 spiro atoms. The molecule has 3 rings (SSSR count). The summed E-state index contributed by atoms with van der Waals surface area (Å²) in [5, 5.41) is 0.703. The number of aryl methyl sites for hydroxylation is 1. The third-order valence-corrected chi connectivity index (χ3v) is 5.40. The van der Waals surface area contributed by atoms with Crippen LogP contribution in [0.5, 0.6) is 0 Å². The summed E-state index contributed by atoms with van der Waals surface area (Å²) in [6, 6.07) is 1.38. The Morgan fingerprint density at radius 2 is 1.91 bits per heavy atom. The van der Waals surface area contributed by atoms with Crippen LogP contribution in [0.2, 0.25) is 0 Å². The number of amides is 2. The Labute approximate surface area is 138 Å². The monoisotopic (exact) mass is 336 g/mol. The number of aromatic nitrogens is 2. The number of rotatable bonds is 2. The molecule has 0 unspecified atom stereocenters. The zero-order chi connectivity index (χ0) is 16.6. The smallest absolute Gasteiger partial charge is 0.254 e. The van der Waals surface area contributed by atoms with Crippen molar-refractivity contribution in [3.8, 4) is 0 Å². The summed E-state index contributed by atoms with van der Waals surface area (Å²) in [5.74, 6) is 0.788. The molecule has 3 heterocycles. The van der Waals surface area contributed by atoms with Crippen LogP contribution in [0.25, 0.3) is 0 Å². The Morgan fingerprint density at radius 1 is 1.26 bits per heavy atom. The molecule has 0 aromatic carbocycles. The van der Waals surface area contributed by atoms with Gasteiger partial charge in [-0.05, 0) is 6.92 Å². The van der Waals surface area contributed by atoms with Gasteiger partial charge in [0.2, 0.25) is 11.8 Å². The maximum atomic E-state index is 12.5.